The van der Waals surface area contributed by atoms with Gasteiger partial charge in [-0.2, -0.15) is 0 Å². The normalized spacial score (nSPS) is 13.4. The van der Waals surface area contributed by atoms with Crippen molar-refractivity contribution in [3.8, 4) is 11.1 Å². The maximum Gasteiger partial charge on any atom is 0.269 e. The van der Waals surface area contributed by atoms with Crippen LogP contribution in [0.3, 0.4) is 0 Å². The predicted octanol–water partition coefficient (Wildman–Crippen LogP) is 6.41. The Hall–Kier alpha value is -4.09. The lowest BCUT2D eigenvalue weighted by molar-refractivity contribution is 0.0846. The standard InChI is InChI=1S/C31H26ClN3O2/c1-31(2)25-9-5-3-7-21(25)22-13-11-20(18-26(22)31)30(37)34-33-29(36)19-12-14-28-24(17-19)23-8-4-6-10-27(23)35(28)16-15-32/h3-14,17-18H,15-16H2,1-2H3,(H,33,36)(H,34,37). The molecule has 1 heterocycles. The summed E-state index contributed by atoms with van der Waals surface area (Å²) in [7, 11) is 0. The van der Waals surface area contributed by atoms with Gasteiger partial charge in [0.1, 0.15) is 0 Å². The summed E-state index contributed by atoms with van der Waals surface area (Å²) in [5.41, 5.74) is 12.7. The molecule has 2 N–H and O–H groups in total. The van der Waals surface area contributed by atoms with E-state index in [2.05, 4.69) is 47.5 Å². The van der Waals surface area contributed by atoms with Crippen molar-refractivity contribution in [2.24, 2.45) is 0 Å². The average Bonchev–Trinajstić information content (AvgIpc) is 3.36. The molecule has 6 rings (SSSR count). The zero-order valence-electron chi connectivity index (χ0n) is 20.6. The van der Waals surface area contributed by atoms with E-state index in [1.807, 2.05) is 54.6 Å². The fourth-order valence-corrected chi connectivity index (χ4v) is 5.79. The van der Waals surface area contributed by atoms with Gasteiger partial charge in [-0.25, -0.2) is 0 Å². The quantitative estimate of drug-likeness (QED) is 0.218. The van der Waals surface area contributed by atoms with Crippen molar-refractivity contribution in [1.82, 2.24) is 15.4 Å². The maximum absolute atomic E-state index is 13.0. The number of amides is 2. The summed E-state index contributed by atoms with van der Waals surface area (Å²) in [5, 5.41) is 2.03. The molecule has 6 heteroatoms. The molecule has 37 heavy (non-hydrogen) atoms. The fraction of sp³-hybridized carbons (Fsp3) is 0.161. The van der Waals surface area contributed by atoms with E-state index in [1.165, 1.54) is 11.1 Å². The Morgan fingerprint density at radius 1 is 0.730 bits per heavy atom. The number of aromatic nitrogens is 1. The summed E-state index contributed by atoms with van der Waals surface area (Å²) >= 11 is 6.04. The van der Waals surface area contributed by atoms with E-state index in [4.69, 9.17) is 11.6 Å². The molecule has 0 saturated carbocycles. The molecule has 0 fully saturated rings. The summed E-state index contributed by atoms with van der Waals surface area (Å²) < 4.78 is 2.16. The molecule has 1 aliphatic rings. The summed E-state index contributed by atoms with van der Waals surface area (Å²) in [6, 6.07) is 27.7. The average molecular weight is 508 g/mol. The zero-order valence-corrected chi connectivity index (χ0v) is 21.4. The Labute approximate surface area is 220 Å². The number of para-hydroxylation sites is 1. The molecule has 0 unspecified atom stereocenters. The molecular formula is C31H26ClN3O2. The number of nitrogens with zero attached hydrogens (tertiary/aromatic N) is 1. The van der Waals surface area contributed by atoms with E-state index < -0.39 is 0 Å². The lowest BCUT2D eigenvalue weighted by Crippen LogP contribution is -2.41. The van der Waals surface area contributed by atoms with Gasteiger partial charge in [-0.05, 0) is 58.7 Å². The van der Waals surface area contributed by atoms with Crippen molar-refractivity contribution >= 4 is 45.2 Å². The Bertz CT molecular complexity index is 1720. The van der Waals surface area contributed by atoms with Crippen LogP contribution in [0.2, 0.25) is 0 Å². The SMILES string of the molecule is CC1(C)c2ccccc2-c2ccc(C(=O)NNC(=O)c3ccc4c(c3)c3ccccc3n4CCCl)cc21. The fourth-order valence-electron chi connectivity index (χ4n) is 5.62. The first-order valence-corrected chi connectivity index (χ1v) is 12.9. The van der Waals surface area contributed by atoms with E-state index in [9.17, 15) is 9.59 Å². The van der Waals surface area contributed by atoms with Crippen molar-refractivity contribution in [2.75, 3.05) is 5.88 Å². The number of alkyl halides is 1. The third kappa shape index (κ3) is 3.69. The molecule has 1 aliphatic carbocycles. The second-order valence-corrected chi connectivity index (χ2v) is 10.3. The minimum absolute atomic E-state index is 0.205. The highest BCUT2D eigenvalue weighted by Gasteiger charge is 2.35. The lowest BCUT2D eigenvalue weighted by atomic mass is 9.82. The number of halogens is 1. The Morgan fingerprint density at radius 3 is 2.14 bits per heavy atom. The molecule has 1 aromatic heterocycles. The summed E-state index contributed by atoms with van der Waals surface area (Å²) in [4.78, 5) is 26.0. The van der Waals surface area contributed by atoms with Gasteiger partial charge < -0.3 is 4.57 Å². The minimum Gasteiger partial charge on any atom is -0.339 e. The molecule has 4 aromatic carbocycles. The van der Waals surface area contributed by atoms with E-state index in [0.717, 1.165) is 32.9 Å². The molecule has 0 bridgehead atoms. The zero-order chi connectivity index (χ0) is 25.7. The monoisotopic (exact) mass is 507 g/mol. The molecule has 2 amide bonds. The summed E-state index contributed by atoms with van der Waals surface area (Å²) in [6.45, 7) is 5.01. The van der Waals surface area contributed by atoms with Crippen LogP contribution < -0.4 is 10.9 Å². The van der Waals surface area contributed by atoms with Crippen LogP contribution in [0.25, 0.3) is 32.9 Å². The number of aryl methyl sites for hydroxylation is 1. The van der Waals surface area contributed by atoms with Gasteiger partial charge in [-0.15, -0.1) is 11.6 Å². The van der Waals surface area contributed by atoms with E-state index >= 15 is 0 Å². The number of hydrazine groups is 1. The number of hydrogen-bond acceptors (Lipinski definition) is 2. The second-order valence-electron chi connectivity index (χ2n) is 9.93. The van der Waals surface area contributed by atoms with Gasteiger partial charge in [0, 0.05) is 50.8 Å². The van der Waals surface area contributed by atoms with Crippen LogP contribution in [0.4, 0.5) is 0 Å². The Kier molecular flexibility index (Phi) is 5.54. The predicted molar refractivity (Wildman–Crippen MR) is 149 cm³/mol. The number of benzene rings is 4. The van der Waals surface area contributed by atoms with E-state index in [-0.39, 0.29) is 17.2 Å². The molecule has 0 atom stereocenters. The summed E-state index contributed by atoms with van der Waals surface area (Å²) in [6.07, 6.45) is 0. The minimum atomic E-state index is -0.377. The first-order valence-electron chi connectivity index (χ1n) is 12.3. The molecule has 0 aliphatic heterocycles. The highest BCUT2D eigenvalue weighted by atomic mass is 35.5. The van der Waals surface area contributed by atoms with Crippen molar-refractivity contribution < 1.29 is 9.59 Å². The number of carbonyl (C=O) groups is 2. The molecule has 0 spiro atoms. The number of nitrogens with one attached hydrogen (secondary N) is 2. The third-order valence-electron chi connectivity index (χ3n) is 7.48. The van der Waals surface area contributed by atoms with Crippen molar-refractivity contribution in [3.63, 3.8) is 0 Å². The molecule has 0 radical (unpaired) electrons. The van der Waals surface area contributed by atoms with Crippen molar-refractivity contribution in [3.05, 3.63) is 107 Å². The molecule has 5 nitrogen and oxygen atoms in total. The molecule has 0 saturated heterocycles. The van der Waals surface area contributed by atoms with Crippen LogP contribution in [-0.4, -0.2) is 22.3 Å². The van der Waals surface area contributed by atoms with Crippen LogP contribution in [0, 0.1) is 0 Å². The number of fused-ring (bicyclic) bond motifs is 6. The lowest BCUT2D eigenvalue weighted by Gasteiger charge is -2.21. The van der Waals surface area contributed by atoms with E-state index in [0.29, 0.717) is 23.6 Å². The highest BCUT2D eigenvalue weighted by Crippen LogP contribution is 2.48. The van der Waals surface area contributed by atoms with Gasteiger partial charge in [0.15, 0.2) is 0 Å². The van der Waals surface area contributed by atoms with Gasteiger partial charge in [0.05, 0.1) is 0 Å². The van der Waals surface area contributed by atoms with Crippen molar-refractivity contribution in [1.29, 1.82) is 0 Å². The molecule has 184 valence electrons. The Morgan fingerprint density at radius 2 is 1.35 bits per heavy atom. The smallest absolute Gasteiger partial charge is 0.269 e. The largest absolute Gasteiger partial charge is 0.339 e. The Balaban J connectivity index is 1.23. The van der Waals surface area contributed by atoms with E-state index in [1.54, 1.807) is 12.1 Å². The van der Waals surface area contributed by atoms with Gasteiger partial charge in [0.2, 0.25) is 0 Å². The topological polar surface area (TPSA) is 63.1 Å². The van der Waals surface area contributed by atoms with Gasteiger partial charge in [-0.3, -0.25) is 20.4 Å². The molecular weight excluding hydrogens is 482 g/mol. The van der Waals surface area contributed by atoms with Crippen LogP contribution in [0.5, 0.6) is 0 Å². The third-order valence-corrected chi connectivity index (χ3v) is 7.65. The maximum atomic E-state index is 13.0. The van der Waals surface area contributed by atoms with Gasteiger partial charge in [0.25, 0.3) is 11.8 Å². The highest BCUT2D eigenvalue weighted by molar-refractivity contribution is 6.18. The molecule has 5 aromatic rings. The van der Waals surface area contributed by atoms with Gasteiger partial charge in [-0.1, -0.05) is 62.4 Å². The number of rotatable bonds is 4. The summed E-state index contributed by atoms with van der Waals surface area (Å²) in [5.74, 6) is -0.241. The first kappa shape index (κ1) is 23.3. The number of hydrogen-bond donors (Lipinski definition) is 2. The van der Waals surface area contributed by atoms with Crippen LogP contribution in [0.1, 0.15) is 45.7 Å². The van der Waals surface area contributed by atoms with Crippen LogP contribution in [0.15, 0.2) is 84.9 Å². The second kappa shape index (κ2) is 8.79. The van der Waals surface area contributed by atoms with Crippen molar-refractivity contribution in [2.45, 2.75) is 25.8 Å². The first-order chi connectivity index (χ1) is 17.9. The van der Waals surface area contributed by atoms with Crippen LogP contribution in [-0.2, 0) is 12.0 Å². The number of carbonyl (C=O) groups excluding carboxylic acids is 2. The van der Waals surface area contributed by atoms with Gasteiger partial charge >= 0.3 is 0 Å². The van der Waals surface area contributed by atoms with Crippen LogP contribution >= 0.6 is 11.6 Å².